The molecule has 0 radical (unpaired) electrons. The van der Waals surface area contributed by atoms with Crippen molar-refractivity contribution in [3.8, 4) is 0 Å². The number of carbonyl (C=O) groups excluding carboxylic acids is 1. The summed E-state index contributed by atoms with van der Waals surface area (Å²) in [5, 5.41) is 17.3. The summed E-state index contributed by atoms with van der Waals surface area (Å²) in [6, 6.07) is 0. The summed E-state index contributed by atoms with van der Waals surface area (Å²) in [4.78, 5) is 21.7. The van der Waals surface area contributed by atoms with Gasteiger partial charge in [-0.3, -0.25) is 19.6 Å². The largest absolute Gasteiger partial charge is 0.351 e. The van der Waals surface area contributed by atoms with Crippen LogP contribution in [-0.2, 0) is 11.3 Å². The third-order valence-electron chi connectivity index (χ3n) is 2.26. The van der Waals surface area contributed by atoms with Crippen LogP contribution >= 0.6 is 0 Å². The second-order valence-electron chi connectivity index (χ2n) is 3.53. The van der Waals surface area contributed by atoms with Crippen molar-refractivity contribution < 1.29 is 9.72 Å². The zero-order valence-corrected chi connectivity index (χ0v) is 9.77. The van der Waals surface area contributed by atoms with Gasteiger partial charge in [0.1, 0.15) is 17.9 Å². The van der Waals surface area contributed by atoms with Crippen LogP contribution in [0.15, 0.2) is 12.7 Å². The van der Waals surface area contributed by atoms with Crippen LogP contribution in [0.2, 0.25) is 0 Å². The van der Waals surface area contributed by atoms with E-state index in [4.69, 9.17) is 0 Å². The summed E-state index contributed by atoms with van der Waals surface area (Å²) in [6.07, 6.45) is 1.56. The summed E-state index contributed by atoms with van der Waals surface area (Å²) in [6.45, 7) is 6.91. The number of aromatic nitrogens is 2. The van der Waals surface area contributed by atoms with E-state index in [9.17, 15) is 14.9 Å². The van der Waals surface area contributed by atoms with E-state index in [1.165, 1.54) is 4.68 Å². The molecular formula is C10H14N4O3. The first-order chi connectivity index (χ1) is 7.97. The van der Waals surface area contributed by atoms with E-state index in [2.05, 4.69) is 17.0 Å². The minimum Gasteiger partial charge on any atom is -0.351 e. The topological polar surface area (TPSA) is 90.1 Å². The lowest BCUT2D eigenvalue weighted by atomic mass is 10.3. The Labute approximate surface area is 98.3 Å². The van der Waals surface area contributed by atoms with Crippen LogP contribution in [0.1, 0.15) is 11.4 Å². The highest BCUT2D eigenvalue weighted by molar-refractivity contribution is 5.76. The highest BCUT2D eigenvalue weighted by atomic mass is 16.6. The van der Waals surface area contributed by atoms with E-state index >= 15 is 0 Å². The van der Waals surface area contributed by atoms with Gasteiger partial charge in [0.25, 0.3) is 0 Å². The molecule has 0 fully saturated rings. The van der Waals surface area contributed by atoms with Crippen molar-refractivity contribution in [2.24, 2.45) is 0 Å². The van der Waals surface area contributed by atoms with Crippen LogP contribution in [0.4, 0.5) is 5.69 Å². The Bertz CT molecular complexity index is 464. The molecule has 1 aromatic rings. The van der Waals surface area contributed by atoms with Gasteiger partial charge in [-0.2, -0.15) is 5.10 Å². The number of nitrogens with one attached hydrogen (secondary N) is 1. The Morgan fingerprint density at radius 2 is 2.29 bits per heavy atom. The van der Waals surface area contributed by atoms with Crippen molar-refractivity contribution in [3.05, 3.63) is 34.2 Å². The molecule has 1 heterocycles. The van der Waals surface area contributed by atoms with Crippen molar-refractivity contribution in [3.63, 3.8) is 0 Å². The predicted molar refractivity (Wildman–Crippen MR) is 61.6 cm³/mol. The molecule has 0 saturated carbocycles. The average Bonchev–Trinajstić information content (AvgIpc) is 2.51. The van der Waals surface area contributed by atoms with E-state index < -0.39 is 4.92 Å². The molecule has 7 heteroatoms. The highest BCUT2D eigenvalue weighted by Crippen LogP contribution is 2.21. The van der Waals surface area contributed by atoms with Gasteiger partial charge in [0, 0.05) is 6.54 Å². The molecule has 0 unspecified atom stereocenters. The molecule has 1 aromatic heterocycles. The van der Waals surface area contributed by atoms with Crippen LogP contribution in [0.5, 0.6) is 0 Å². The number of carbonyl (C=O) groups is 1. The highest BCUT2D eigenvalue weighted by Gasteiger charge is 2.22. The third kappa shape index (κ3) is 2.90. The molecule has 0 aromatic carbocycles. The molecule has 0 aliphatic heterocycles. The minimum atomic E-state index is -0.490. The Morgan fingerprint density at radius 3 is 2.76 bits per heavy atom. The van der Waals surface area contributed by atoms with Crippen molar-refractivity contribution in [1.29, 1.82) is 0 Å². The van der Waals surface area contributed by atoms with Gasteiger partial charge in [0.15, 0.2) is 0 Å². The molecule has 1 rings (SSSR count). The number of hydrogen-bond acceptors (Lipinski definition) is 4. The molecule has 0 aliphatic rings. The number of aryl methyl sites for hydroxylation is 1. The normalized spacial score (nSPS) is 10.0. The molecular weight excluding hydrogens is 224 g/mol. The van der Waals surface area contributed by atoms with E-state index in [1.54, 1.807) is 19.9 Å². The van der Waals surface area contributed by atoms with E-state index in [0.717, 1.165) is 0 Å². The van der Waals surface area contributed by atoms with Crippen molar-refractivity contribution in [2.75, 3.05) is 6.54 Å². The number of nitrogens with zero attached hydrogens (tertiary/aromatic N) is 3. The lowest BCUT2D eigenvalue weighted by Gasteiger charge is -2.03. The van der Waals surface area contributed by atoms with Gasteiger partial charge in [-0.1, -0.05) is 6.08 Å². The summed E-state index contributed by atoms with van der Waals surface area (Å²) in [5.41, 5.74) is 0.645. The van der Waals surface area contributed by atoms with Crippen LogP contribution < -0.4 is 5.32 Å². The fourth-order valence-corrected chi connectivity index (χ4v) is 1.48. The van der Waals surface area contributed by atoms with Crippen molar-refractivity contribution >= 4 is 11.6 Å². The monoisotopic (exact) mass is 238 g/mol. The van der Waals surface area contributed by atoms with E-state index in [1.807, 2.05) is 0 Å². The molecule has 1 amide bonds. The standard InChI is InChI=1S/C10H14N4O3/c1-4-5-11-9(15)6-13-8(3)10(14(16)17)7(2)12-13/h4H,1,5-6H2,2-3H3,(H,11,15). The molecule has 17 heavy (non-hydrogen) atoms. The maximum absolute atomic E-state index is 11.4. The molecule has 7 nitrogen and oxygen atoms in total. The van der Waals surface area contributed by atoms with Crippen molar-refractivity contribution in [2.45, 2.75) is 20.4 Å². The quantitative estimate of drug-likeness (QED) is 0.464. The van der Waals surface area contributed by atoms with Gasteiger partial charge >= 0.3 is 5.69 Å². The zero-order chi connectivity index (χ0) is 13.0. The summed E-state index contributed by atoms with van der Waals surface area (Å²) in [5.74, 6) is -0.259. The predicted octanol–water partition coefficient (Wildman–Crippen LogP) is 0.710. The van der Waals surface area contributed by atoms with Gasteiger partial charge in [0.05, 0.1) is 4.92 Å². The molecule has 0 bridgehead atoms. The number of nitro groups is 1. The molecule has 0 spiro atoms. The van der Waals surface area contributed by atoms with Gasteiger partial charge < -0.3 is 5.32 Å². The minimum absolute atomic E-state index is 0.0334. The van der Waals surface area contributed by atoms with Gasteiger partial charge in [-0.15, -0.1) is 6.58 Å². The molecule has 0 atom stereocenters. The van der Waals surface area contributed by atoms with Crippen LogP contribution in [-0.4, -0.2) is 27.2 Å². The number of hydrogen-bond donors (Lipinski definition) is 1. The van der Waals surface area contributed by atoms with Gasteiger partial charge in [0.2, 0.25) is 5.91 Å². The lowest BCUT2D eigenvalue weighted by Crippen LogP contribution is -2.28. The third-order valence-corrected chi connectivity index (χ3v) is 2.26. The number of amides is 1. The zero-order valence-electron chi connectivity index (χ0n) is 9.77. The lowest BCUT2D eigenvalue weighted by molar-refractivity contribution is -0.386. The Balaban J connectivity index is 2.86. The smallest absolute Gasteiger partial charge is 0.312 e. The first kappa shape index (κ1) is 12.9. The van der Waals surface area contributed by atoms with E-state index in [-0.39, 0.29) is 18.1 Å². The maximum Gasteiger partial charge on any atom is 0.312 e. The average molecular weight is 238 g/mol. The first-order valence-corrected chi connectivity index (χ1v) is 5.03. The SMILES string of the molecule is C=CCNC(=O)Cn1nc(C)c([N+](=O)[O-])c1C. The summed E-state index contributed by atoms with van der Waals surface area (Å²) in [7, 11) is 0. The summed E-state index contributed by atoms with van der Waals surface area (Å²) < 4.78 is 1.33. The van der Waals surface area contributed by atoms with Crippen molar-refractivity contribution in [1.82, 2.24) is 15.1 Å². The number of rotatable bonds is 5. The van der Waals surface area contributed by atoms with Gasteiger partial charge in [-0.05, 0) is 13.8 Å². The molecule has 0 saturated heterocycles. The van der Waals surface area contributed by atoms with Crippen LogP contribution in [0.25, 0.3) is 0 Å². The van der Waals surface area contributed by atoms with Gasteiger partial charge in [-0.25, -0.2) is 0 Å². The fraction of sp³-hybridized carbons (Fsp3) is 0.400. The Kier molecular flexibility index (Phi) is 3.97. The Hall–Kier alpha value is -2.18. The summed E-state index contributed by atoms with van der Waals surface area (Å²) >= 11 is 0. The maximum atomic E-state index is 11.4. The fourth-order valence-electron chi connectivity index (χ4n) is 1.48. The molecule has 92 valence electrons. The van der Waals surface area contributed by atoms with Crippen LogP contribution in [0.3, 0.4) is 0 Å². The Morgan fingerprint density at radius 1 is 1.65 bits per heavy atom. The molecule has 0 aliphatic carbocycles. The second kappa shape index (κ2) is 5.24. The second-order valence-corrected chi connectivity index (χ2v) is 3.53. The van der Waals surface area contributed by atoms with Crippen LogP contribution in [0, 0.1) is 24.0 Å². The molecule has 1 N–H and O–H groups in total. The van der Waals surface area contributed by atoms with E-state index in [0.29, 0.717) is 17.9 Å². The first-order valence-electron chi connectivity index (χ1n) is 5.03.